The van der Waals surface area contributed by atoms with E-state index in [1.807, 2.05) is 20.1 Å². The molecular formula is C14H23NO2. The third-order valence-corrected chi connectivity index (χ3v) is 3.63. The molecule has 1 aromatic heterocycles. The number of rotatable bonds is 4. The molecule has 3 unspecified atom stereocenters. The van der Waals surface area contributed by atoms with Gasteiger partial charge >= 0.3 is 0 Å². The summed E-state index contributed by atoms with van der Waals surface area (Å²) >= 11 is 0. The van der Waals surface area contributed by atoms with Gasteiger partial charge in [-0.15, -0.1) is 0 Å². The van der Waals surface area contributed by atoms with Crippen LogP contribution in [0.15, 0.2) is 16.5 Å². The van der Waals surface area contributed by atoms with E-state index in [-0.39, 0.29) is 6.04 Å². The molecule has 0 spiro atoms. The van der Waals surface area contributed by atoms with Crippen molar-refractivity contribution in [3.63, 3.8) is 0 Å². The summed E-state index contributed by atoms with van der Waals surface area (Å²) in [4.78, 5) is 0. The van der Waals surface area contributed by atoms with Gasteiger partial charge in [-0.25, -0.2) is 0 Å². The second kappa shape index (κ2) is 5.69. The predicted molar refractivity (Wildman–Crippen MR) is 68.0 cm³/mol. The molecular weight excluding hydrogens is 214 g/mol. The molecule has 1 saturated carbocycles. The Hall–Kier alpha value is -0.800. The van der Waals surface area contributed by atoms with Crippen molar-refractivity contribution >= 4 is 0 Å². The van der Waals surface area contributed by atoms with Crippen LogP contribution >= 0.6 is 0 Å². The number of hydrogen-bond acceptors (Lipinski definition) is 3. The summed E-state index contributed by atoms with van der Waals surface area (Å²) in [6, 6.07) is 4.91. The molecule has 1 heterocycles. The number of nitrogens with one attached hydrogen (secondary N) is 1. The van der Waals surface area contributed by atoms with Gasteiger partial charge in [-0.2, -0.15) is 0 Å². The van der Waals surface area contributed by atoms with Crippen molar-refractivity contribution in [3.05, 3.63) is 23.7 Å². The van der Waals surface area contributed by atoms with Crippen LogP contribution in [0, 0.1) is 6.92 Å². The summed E-state index contributed by atoms with van der Waals surface area (Å²) in [5, 5.41) is 3.64. The zero-order valence-corrected chi connectivity index (χ0v) is 11.0. The molecule has 3 atom stereocenters. The van der Waals surface area contributed by atoms with Gasteiger partial charge in [-0.1, -0.05) is 0 Å². The Bertz CT molecular complexity index is 348. The van der Waals surface area contributed by atoms with Crippen LogP contribution in [0.25, 0.3) is 0 Å². The fraction of sp³-hybridized carbons (Fsp3) is 0.714. The summed E-state index contributed by atoms with van der Waals surface area (Å²) in [5.41, 5.74) is 0. The predicted octanol–water partition coefficient (Wildman–Crippen LogP) is 3.20. The van der Waals surface area contributed by atoms with Crippen LogP contribution in [-0.4, -0.2) is 19.3 Å². The average Bonchev–Trinajstić information content (AvgIpc) is 2.76. The third-order valence-electron chi connectivity index (χ3n) is 3.63. The van der Waals surface area contributed by atoms with E-state index in [9.17, 15) is 0 Å². The maximum Gasteiger partial charge on any atom is 0.120 e. The molecule has 3 nitrogen and oxygen atoms in total. The molecule has 0 bridgehead atoms. The van der Waals surface area contributed by atoms with Crippen molar-refractivity contribution in [2.75, 3.05) is 7.11 Å². The van der Waals surface area contributed by atoms with Gasteiger partial charge in [0.15, 0.2) is 0 Å². The first kappa shape index (κ1) is 12.7. The fourth-order valence-corrected chi connectivity index (χ4v) is 2.63. The molecule has 0 saturated heterocycles. The van der Waals surface area contributed by atoms with Crippen LogP contribution < -0.4 is 5.32 Å². The molecule has 1 N–H and O–H groups in total. The molecule has 3 heteroatoms. The number of ether oxygens (including phenoxy) is 1. The maximum absolute atomic E-state index is 5.65. The molecule has 0 aliphatic heterocycles. The SMILES string of the molecule is COC1CCCC(NC(C)c2ccc(C)o2)C1. The molecule has 1 aromatic rings. The number of hydrogen-bond donors (Lipinski definition) is 1. The minimum Gasteiger partial charge on any atom is -0.465 e. The standard InChI is InChI=1S/C14H23NO2/c1-10-7-8-14(17-10)11(2)15-12-5-4-6-13(9-12)16-3/h7-8,11-13,15H,4-6,9H2,1-3H3. The van der Waals surface area contributed by atoms with E-state index in [1.54, 1.807) is 0 Å². The van der Waals surface area contributed by atoms with Gasteiger partial charge in [0.1, 0.15) is 11.5 Å². The molecule has 0 radical (unpaired) electrons. The summed E-state index contributed by atoms with van der Waals surface area (Å²) in [6.07, 6.45) is 5.22. The first-order valence-corrected chi connectivity index (χ1v) is 6.54. The van der Waals surface area contributed by atoms with Crippen LogP contribution in [-0.2, 0) is 4.74 Å². The highest BCUT2D eigenvalue weighted by Crippen LogP contribution is 2.24. The Kier molecular flexibility index (Phi) is 4.24. The van der Waals surface area contributed by atoms with Crippen LogP contribution in [0.1, 0.15) is 50.2 Å². The van der Waals surface area contributed by atoms with E-state index in [2.05, 4.69) is 18.3 Å². The van der Waals surface area contributed by atoms with Crippen molar-refractivity contribution in [3.8, 4) is 0 Å². The van der Waals surface area contributed by atoms with E-state index < -0.39 is 0 Å². The average molecular weight is 237 g/mol. The lowest BCUT2D eigenvalue weighted by atomic mass is 9.92. The Morgan fingerprint density at radius 2 is 2.24 bits per heavy atom. The van der Waals surface area contributed by atoms with Gasteiger partial charge < -0.3 is 14.5 Å². The quantitative estimate of drug-likeness (QED) is 0.873. The molecule has 1 aliphatic carbocycles. The van der Waals surface area contributed by atoms with E-state index >= 15 is 0 Å². The van der Waals surface area contributed by atoms with Crippen LogP contribution in [0.3, 0.4) is 0 Å². The number of furan rings is 1. The molecule has 2 rings (SSSR count). The van der Waals surface area contributed by atoms with E-state index in [1.165, 1.54) is 19.3 Å². The van der Waals surface area contributed by atoms with Crippen LogP contribution in [0.4, 0.5) is 0 Å². The molecule has 1 fully saturated rings. The maximum atomic E-state index is 5.65. The summed E-state index contributed by atoms with van der Waals surface area (Å²) in [7, 11) is 1.81. The first-order valence-electron chi connectivity index (χ1n) is 6.54. The first-order chi connectivity index (χ1) is 8.19. The Balaban J connectivity index is 1.87. The van der Waals surface area contributed by atoms with E-state index in [0.717, 1.165) is 17.9 Å². The second-order valence-corrected chi connectivity index (χ2v) is 5.06. The number of aryl methyl sites for hydroxylation is 1. The molecule has 1 aliphatic rings. The number of methoxy groups -OCH3 is 1. The minimum absolute atomic E-state index is 0.282. The smallest absolute Gasteiger partial charge is 0.120 e. The van der Waals surface area contributed by atoms with Gasteiger partial charge in [0.25, 0.3) is 0 Å². The zero-order chi connectivity index (χ0) is 12.3. The highest BCUT2D eigenvalue weighted by molar-refractivity contribution is 5.09. The highest BCUT2D eigenvalue weighted by Gasteiger charge is 2.23. The van der Waals surface area contributed by atoms with Crippen LogP contribution in [0.2, 0.25) is 0 Å². The topological polar surface area (TPSA) is 34.4 Å². The lowest BCUT2D eigenvalue weighted by molar-refractivity contribution is 0.0567. The Labute approximate surface area is 104 Å². The van der Waals surface area contributed by atoms with Crippen molar-refractivity contribution < 1.29 is 9.15 Å². The van der Waals surface area contributed by atoms with E-state index in [4.69, 9.17) is 9.15 Å². The lowest BCUT2D eigenvalue weighted by Gasteiger charge is -2.30. The van der Waals surface area contributed by atoms with Crippen molar-refractivity contribution in [2.45, 2.75) is 57.7 Å². The van der Waals surface area contributed by atoms with Crippen molar-refractivity contribution in [2.24, 2.45) is 0 Å². The molecule has 17 heavy (non-hydrogen) atoms. The van der Waals surface area contributed by atoms with Gasteiger partial charge in [0, 0.05) is 13.2 Å². The van der Waals surface area contributed by atoms with Crippen molar-refractivity contribution in [1.29, 1.82) is 0 Å². The highest BCUT2D eigenvalue weighted by atomic mass is 16.5. The normalized spacial score (nSPS) is 27.0. The van der Waals surface area contributed by atoms with Crippen LogP contribution in [0.5, 0.6) is 0 Å². The summed E-state index contributed by atoms with van der Waals surface area (Å²) < 4.78 is 11.1. The fourth-order valence-electron chi connectivity index (χ4n) is 2.63. The third kappa shape index (κ3) is 3.33. The largest absolute Gasteiger partial charge is 0.465 e. The minimum atomic E-state index is 0.282. The summed E-state index contributed by atoms with van der Waals surface area (Å²) in [5.74, 6) is 2.01. The van der Waals surface area contributed by atoms with Gasteiger partial charge in [0.2, 0.25) is 0 Å². The van der Waals surface area contributed by atoms with Gasteiger partial charge in [-0.3, -0.25) is 0 Å². The Morgan fingerprint density at radius 3 is 2.88 bits per heavy atom. The zero-order valence-electron chi connectivity index (χ0n) is 11.0. The molecule has 0 amide bonds. The summed E-state index contributed by atoms with van der Waals surface area (Å²) in [6.45, 7) is 4.15. The van der Waals surface area contributed by atoms with Gasteiger partial charge in [-0.05, 0) is 51.7 Å². The monoisotopic (exact) mass is 237 g/mol. The lowest BCUT2D eigenvalue weighted by Crippen LogP contribution is -2.37. The van der Waals surface area contributed by atoms with Gasteiger partial charge in [0.05, 0.1) is 12.1 Å². The molecule has 96 valence electrons. The molecule has 0 aromatic carbocycles. The van der Waals surface area contributed by atoms with Crippen molar-refractivity contribution in [1.82, 2.24) is 5.32 Å². The second-order valence-electron chi connectivity index (χ2n) is 5.06. The Morgan fingerprint density at radius 1 is 1.41 bits per heavy atom. The van der Waals surface area contributed by atoms with E-state index in [0.29, 0.717) is 12.1 Å².